The van der Waals surface area contributed by atoms with Gasteiger partial charge in [0.05, 0.1) is 11.6 Å². The average molecular weight is 338 g/mol. The van der Waals surface area contributed by atoms with Crippen molar-refractivity contribution < 1.29 is 9.21 Å². The third-order valence-electron chi connectivity index (χ3n) is 3.57. The molecule has 4 nitrogen and oxygen atoms in total. The molecule has 2 heterocycles. The maximum atomic E-state index is 11.9. The first-order valence-corrected chi connectivity index (χ1v) is 8.52. The lowest BCUT2D eigenvalue weighted by atomic mass is 10.1. The van der Waals surface area contributed by atoms with Crippen LogP contribution in [0.15, 0.2) is 52.3 Å². The number of rotatable bonds is 5. The Labute approximate surface area is 144 Å². The van der Waals surface area contributed by atoms with Crippen LogP contribution in [0, 0.1) is 13.8 Å². The van der Waals surface area contributed by atoms with Gasteiger partial charge in [-0.2, -0.15) is 0 Å². The summed E-state index contributed by atoms with van der Waals surface area (Å²) in [4.78, 5) is 16.3. The maximum Gasteiger partial charge on any atom is 0.244 e. The number of amides is 1. The lowest BCUT2D eigenvalue weighted by Gasteiger charge is -2.00. The third kappa shape index (κ3) is 4.00. The molecule has 2 aromatic heterocycles. The summed E-state index contributed by atoms with van der Waals surface area (Å²) >= 11 is 1.58. The van der Waals surface area contributed by atoms with Crippen LogP contribution in [0.5, 0.6) is 0 Å². The van der Waals surface area contributed by atoms with E-state index in [1.807, 2.05) is 61.7 Å². The Kier molecular flexibility index (Phi) is 4.91. The predicted octanol–water partition coefficient (Wildman–Crippen LogP) is 4.35. The topological polar surface area (TPSA) is 55.1 Å². The van der Waals surface area contributed by atoms with Gasteiger partial charge in [-0.3, -0.25) is 4.79 Å². The first kappa shape index (κ1) is 16.2. The summed E-state index contributed by atoms with van der Waals surface area (Å²) in [6, 6.07) is 11.7. The largest absolute Gasteiger partial charge is 0.458 e. The maximum absolute atomic E-state index is 11.9. The predicted molar refractivity (Wildman–Crippen MR) is 96.6 cm³/mol. The molecule has 3 aromatic rings. The molecule has 0 saturated carbocycles. The lowest BCUT2D eigenvalue weighted by molar-refractivity contribution is -0.116. The van der Waals surface area contributed by atoms with Crippen molar-refractivity contribution in [2.45, 2.75) is 20.4 Å². The van der Waals surface area contributed by atoms with Gasteiger partial charge in [-0.15, -0.1) is 11.3 Å². The number of benzene rings is 1. The Balaban J connectivity index is 1.57. The van der Waals surface area contributed by atoms with Crippen LogP contribution in [0.2, 0.25) is 0 Å². The van der Waals surface area contributed by atoms with Crippen molar-refractivity contribution in [3.05, 3.63) is 69.7 Å². The molecule has 1 aromatic carbocycles. The summed E-state index contributed by atoms with van der Waals surface area (Å²) in [6.07, 6.45) is 3.35. The number of furan rings is 1. The average Bonchev–Trinajstić information content (AvgIpc) is 3.21. The molecule has 0 unspecified atom stereocenters. The summed E-state index contributed by atoms with van der Waals surface area (Å²) < 4.78 is 5.72. The van der Waals surface area contributed by atoms with Gasteiger partial charge in [-0.1, -0.05) is 24.3 Å². The molecule has 0 radical (unpaired) electrons. The van der Waals surface area contributed by atoms with Gasteiger partial charge < -0.3 is 9.73 Å². The highest BCUT2D eigenvalue weighted by molar-refractivity contribution is 7.09. The van der Waals surface area contributed by atoms with Gasteiger partial charge in [0.25, 0.3) is 0 Å². The van der Waals surface area contributed by atoms with Gasteiger partial charge in [0.15, 0.2) is 5.76 Å². The molecule has 0 fully saturated rings. The number of thiazole rings is 1. The van der Waals surface area contributed by atoms with Crippen molar-refractivity contribution in [3.8, 4) is 11.5 Å². The molecule has 0 spiro atoms. The molecule has 1 amide bonds. The van der Waals surface area contributed by atoms with E-state index in [1.165, 1.54) is 6.08 Å². The molecule has 3 rings (SSSR count). The van der Waals surface area contributed by atoms with Crippen LogP contribution < -0.4 is 5.32 Å². The van der Waals surface area contributed by atoms with E-state index in [0.29, 0.717) is 12.3 Å². The van der Waals surface area contributed by atoms with Crippen molar-refractivity contribution in [2.24, 2.45) is 0 Å². The van der Waals surface area contributed by atoms with E-state index in [2.05, 4.69) is 10.3 Å². The molecule has 0 atom stereocenters. The van der Waals surface area contributed by atoms with Crippen LogP contribution in [0.1, 0.15) is 21.9 Å². The van der Waals surface area contributed by atoms with Gasteiger partial charge in [0.2, 0.25) is 5.91 Å². The molecule has 1 N–H and O–H groups in total. The van der Waals surface area contributed by atoms with Crippen molar-refractivity contribution in [2.75, 3.05) is 0 Å². The van der Waals surface area contributed by atoms with Crippen molar-refractivity contribution >= 4 is 23.3 Å². The SMILES string of the molecule is Cc1nc(-c2ccc(CNC(=O)C=Cc3ccccc3C)o2)cs1. The number of aromatic nitrogens is 1. The highest BCUT2D eigenvalue weighted by Crippen LogP contribution is 2.23. The Morgan fingerprint density at radius 2 is 2.08 bits per heavy atom. The summed E-state index contributed by atoms with van der Waals surface area (Å²) in [7, 11) is 0. The number of nitrogens with zero attached hydrogens (tertiary/aromatic N) is 1. The monoisotopic (exact) mass is 338 g/mol. The smallest absolute Gasteiger partial charge is 0.244 e. The fourth-order valence-corrected chi connectivity index (χ4v) is 2.86. The highest BCUT2D eigenvalue weighted by atomic mass is 32.1. The zero-order valence-corrected chi connectivity index (χ0v) is 14.4. The van der Waals surface area contributed by atoms with Crippen LogP contribution in [0.3, 0.4) is 0 Å². The fraction of sp³-hybridized carbons (Fsp3) is 0.158. The minimum atomic E-state index is -0.152. The standard InChI is InChI=1S/C19H18N2O2S/c1-13-5-3-4-6-15(13)7-10-19(22)20-11-16-8-9-18(23-16)17-12-24-14(2)21-17/h3-10,12H,11H2,1-2H3,(H,20,22). The van der Waals surface area contributed by atoms with E-state index in [-0.39, 0.29) is 5.91 Å². The van der Waals surface area contributed by atoms with E-state index < -0.39 is 0 Å². The minimum absolute atomic E-state index is 0.152. The lowest BCUT2D eigenvalue weighted by Crippen LogP contribution is -2.19. The van der Waals surface area contributed by atoms with Crippen LogP contribution in [0.4, 0.5) is 0 Å². The Morgan fingerprint density at radius 1 is 1.25 bits per heavy atom. The number of aryl methyl sites for hydroxylation is 2. The van der Waals surface area contributed by atoms with E-state index in [4.69, 9.17) is 4.42 Å². The van der Waals surface area contributed by atoms with Crippen LogP contribution in [0.25, 0.3) is 17.5 Å². The Bertz CT molecular complexity index is 877. The van der Waals surface area contributed by atoms with Crippen LogP contribution in [-0.2, 0) is 11.3 Å². The molecule has 122 valence electrons. The molecule has 0 aliphatic carbocycles. The quantitative estimate of drug-likeness (QED) is 0.704. The molecule has 5 heteroatoms. The first-order valence-electron chi connectivity index (χ1n) is 7.64. The van der Waals surface area contributed by atoms with Crippen LogP contribution >= 0.6 is 11.3 Å². The second kappa shape index (κ2) is 7.27. The molecule has 0 bridgehead atoms. The second-order valence-corrected chi connectivity index (χ2v) is 6.49. The minimum Gasteiger partial charge on any atom is -0.458 e. The second-order valence-electron chi connectivity index (χ2n) is 5.43. The van der Waals surface area contributed by atoms with Gasteiger partial charge in [0.1, 0.15) is 11.5 Å². The number of carbonyl (C=O) groups excluding carboxylic acids is 1. The normalized spacial score (nSPS) is 11.1. The summed E-state index contributed by atoms with van der Waals surface area (Å²) in [5.41, 5.74) is 3.00. The number of nitrogens with one attached hydrogen (secondary N) is 1. The first-order chi connectivity index (χ1) is 11.6. The Morgan fingerprint density at radius 3 is 2.83 bits per heavy atom. The van der Waals surface area contributed by atoms with E-state index in [1.54, 1.807) is 11.3 Å². The van der Waals surface area contributed by atoms with Crippen molar-refractivity contribution in [1.82, 2.24) is 10.3 Å². The molecular formula is C19H18N2O2S. The van der Waals surface area contributed by atoms with Gasteiger partial charge in [0, 0.05) is 11.5 Å². The number of carbonyl (C=O) groups is 1. The molecule has 0 aliphatic rings. The van der Waals surface area contributed by atoms with E-state index >= 15 is 0 Å². The summed E-state index contributed by atoms with van der Waals surface area (Å²) in [5, 5.41) is 5.78. The summed E-state index contributed by atoms with van der Waals surface area (Å²) in [5.74, 6) is 1.27. The van der Waals surface area contributed by atoms with E-state index in [0.717, 1.165) is 27.6 Å². The Hall–Kier alpha value is -2.66. The zero-order valence-electron chi connectivity index (χ0n) is 13.6. The van der Waals surface area contributed by atoms with E-state index in [9.17, 15) is 4.79 Å². The molecule has 0 aliphatic heterocycles. The number of hydrogen-bond donors (Lipinski definition) is 1. The van der Waals surface area contributed by atoms with Crippen LogP contribution in [-0.4, -0.2) is 10.9 Å². The van der Waals surface area contributed by atoms with Crippen molar-refractivity contribution in [1.29, 1.82) is 0 Å². The van der Waals surface area contributed by atoms with Gasteiger partial charge >= 0.3 is 0 Å². The van der Waals surface area contributed by atoms with Crippen molar-refractivity contribution in [3.63, 3.8) is 0 Å². The number of hydrogen-bond acceptors (Lipinski definition) is 4. The molecular weight excluding hydrogens is 320 g/mol. The molecule has 24 heavy (non-hydrogen) atoms. The fourth-order valence-electron chi connectivity index (χ4n) is 2.26. The third-order valence-corrected chi connectivity index (χ3v) is 4.35. The molecule has 0 saturated heterocycles. The summed E-state index contributed by atoms with van der Waals surface area (Å²) in [6.45, 7) is 4.32. The highest BCUT2D eigenvalue weighted by Gasteiger charge is 2.08. The van der Waals surface area contributed by atoms with Gasteiger partial charge in [-0.25, -0.2) is 4.98 Å². The zero-order chi connectivity index (χ0) is 16.9. The van der Waals surface area contributed by atoms with Gasteiger partial charge in [-0.05, 0) is 43.2 Å².